The maximum Gasteiger partial charge on any atom is 0.411 e. The first-order valence-electron chi connectivity index (χ1n) is 8.48. The molecule has 0 aliphatic heterocycles. The molecule has 2 aromatic rings. The lowest BCUT2D eigenvalue weighted by atomic mass is 10.2. The van der Waals surface area contributed by atoms with Gasteiger partial charge in [-0.3, -0.25) is 4.79 Å². The number of nitrogens with one attached hydrogen (secondary N) is 1. The molecule has 0 bridgehead atoms. The van der Waals surface area contributed by atoms with E-state index < -0.39 is 24.7 Å². The second kappa shape index (κ2) is 10.2. The van der Waals surface area contributed by atoms with E-state index in [1.165, 1.54) is 6.08 Å². The molecule has 1 unspecified atom stereocenters. The summed E-state index contributed by atoms with van der Waals surface area (Å²) in [5, 5.41) is 5.47. The average Bonchev–Trinajstić information content (AvgIpc) is 3.03. The van der Waals surface area contributed by atoms with Crippen molar-refractivity contribution in [3.8, 4) is 5.75 Å². The summed E-state index contributed by atoms with van der Waals surface area (Å²) in [7, 11) is 0. The molecule has 0 fully saturated rings. The van der Waals surface area contributed by atoms with E-state index in [1.807, 2.05) is 12.3 Å². The first-order chi connectivity index (χ1) is 13.2. The molecule has 1 heterocycles. The van der Waals surface area contributed by atoms with E-state index >= 15 is 0 Å². The van der Waals surface area contributed by atoms with Crippen molar-refractivity contribution in [1.29, 1.82) is 0 Å². The van der Waals surface area contributed by atoms with Gasteiger partial charge in [0.15, 0.2) is 0 Å². The van der Waals surface area contributed by atoms with Gasteiger partial charge < -0.3 is 14.8 Å². The molecular formula is C19H21F3N2O3S. The van der Waals surface area contributed by atoms with Crippen molar-refractivity contribution in [3.05, 3.63) is 52.0 Å². The number of hydrogen-bond acceptors (Lipinski definition) is 5. The Morgan fingerprint density at radius 2 is 2.04 bits per heavy atom. The fraction of sp³-hybridized carbons (Fsp3) is 0.368. The quantitative estimate of drug-likeness (QED) is 0.627. The number of thiazole rings is 1. The van der Waals surface area contributed by atoms with E-state index in [0.717, 1.165) is 16.3 Å². The van der Waals surface area contributed by atoms with Gasteiger partial charge in [0.05, 0.1) is 17.3 Å². The third-order valence-corrected chi connectivity index (χ3v) is 4.21. The lowest BCUT2D eigenvalue weighted by Crippen LogP contribution is -2.35. The lowest BCUT2D eigenvalue weighted by Gasteiger charge is -2.14. The van der Waals surface area contributed by atoms with E-state index in [4.69, 9.17) is 4.74 Å². The zero-order valence-electron chi connectivity index (χ0n) is 15.5. The van der Waals surface area contributed by atoms with Gasteiger partial charge in [-0.15, -0.1) is 11.3 Å². The van der Waals surface area contributed by atoms with Gasteiger partial charge in [-0.25, -0.2) is 4.98 Å². The van der Waals surface area contributed by atoms with Crippen LogP contribution in [0.1, 0.15) is 23.2 Å². The zero-order chi connectivity index (χ0) is 20.6. The van der Waals surface area contributed by atoms with Crippen LogP contribution in [0.5, 0.6) is 5.75 Å². The molecule has 2 rings (SSSR count). The van der Waals surface area contributed by atoms with E-state index in [1.54, 1.807) is 48.6 Å². The van der Waals surface area contributed by atoms with Crippen molar-refractivity contribution in [2.75, 3.05) is 13.2 Å². The van der Waals surface area contributed by atoms with Crippen LogP contribution >= 0.6 is 11.3 Å². The summed E-state index contributed by atoms with van der Waals surface area (Å²) in [5.41, 5.74) is 1.66. The van der Waals surface area contributed by atoms with Gasteiger partial charge in [0.2, 0.25) is 5.91 Å². The van der Waals surface area contributed by atoms with Gasteiger partial charge in [-0.1, -0.05) is 12.1 Å². The number of hydrogen-bond donors (Lipinski definition) is 1. The Labute approximate surface area is 165 Å². The molecule has 0 aliphatic rings. The van der Waals surface area contributed by atoms with Gasteiger partial charge in [-0.2, -0.15) is 13.2 Å². The molecule has 1 amide bonds. The molecule has 0 aliphatic carbocycles. The Kier molecular flexibility index (Phi) is 8.01. The fourth-order valence-corrected chi connectivity index (χ4v) is 2.76. The van der Waals surface area contributed by atoms with Crippen molar-refractivity contribution in [3.63, 3.8) is 0 Å². The lowest BCUT2D eigenvalue weighted by molar-refractivity contribution is -0.175. The van der Waals surface area contributed by atoms with Crippen LogP contribution in [0, 0.1) is 6.92 Å². The number of ether oxygens (including phenoxy) is 2. The molecule has 0 saturated heterocycles. The van der Waals surface area contributed by atoms with Crippen molar-refractivity contribution in [2.24, 2.45) is 0 Å². The van der Waals surface area contributed by atoms with Gasteiger partial charge in [0.25, 0.3) is 0 Å². The molecule has 1 aromatic carbocycles. The Hall–Kier alpha value is -2.39. The number of halogens is 3. The number of carbonyl (C=O) groups is 1. The Morgan fingerprint density at radius 3 is 2.64 bits per heavy atom. The average molecular weight is 414 g/mol. The summed E-state index contributed by atoms with van der Waals surface area (Å²) < 4.78 is 46.2. The fourth-order valence-electron chi connectivity index (χ4n) is 2.16. The summed E-state index contributed by atoms with van der Waals surface area (Å²) >= 11 is 1.56. The molecule has 28 heavy (non-hydrogen) atoms. The molecule has 0 saturated carbocycles. The third-order valence-electron chi connectivity index (χ3n) is 3.38. The van der Waals surface area contributed by atoms with Crippen LogP contribution in [0.3, 0.4) is 0 Å². The van der Waals surface area contributed by atoms with Gasteiger partial charge >= 0.3 is 6.18 Å². The SMILES string of the molecule is Cc1nc(COc2ccc(/C=C/C(=O)NC(C)COCC(F)(F)F)cc2)cs1. The summed E-state index contributed by atoms with van der Waals surface area (Å²) in [6.45, 7) is 2.33. The Bertz CT molecular complexity index is 788. The van der Waals surface area contributed by atoms with Crippen molar-refractivity contribution >= 4 is 23.3 Å². The highest BCUT2D eigenvalue weighted by Gasteiger charge is 2.27. The number of aryl methyl sites for hydroxylation is 1. The predicted molar refractivity (Wildman–Crippen MR) is 101 cm³/mol. The smallest absolute Gasteiger partial charge is 0.411 e. The molecule has 1 N–H and O–H groups in total. The number of nitrogens with zero attached hydrogens (tertiary/aromatic N) is 1. The summed E-state index contributed by atoms with van der Waals surface area (Å²) in [6, 6.07) is 6.61. The molecular weight excluding hydrogens is 393 g/mol. The highest BCUT2D eigenvalue weighted by molar-refractivity contribution is 7.09. The van der Waals surface area contributed by atoms with Gasteiger partial charge in [-0.05, 0) is 37.6 Å². The van der Waals surface area contributed by atoms with Crippen molar-refractivity contribution in [2.45, 2.75) is 32.7 Å². The molecule has 152 valence electrons. The van der Waals surface area contributed by atoms with E-state index in [2.05, 4.69) is 15.0 Å². The molecule has 0 spiro atoms. The molecule has 1 atom stereocenters. The van der Waals surface area contributed by atoms with E-state index in [9.17, 15) is 18.0 Å². The minimum atomic E-state index is -4.38. The highest BCUT2D eigenvalue weighted by Crippen LogP contribution is 2.16. The normalized spacial score (nSPS) is 12.9. The van der Waals surface area contributed by atoms with Crippen LogP contribution in [0.15, 0.2) is 35.7 Å². The van der Waals surface area contributed by atoms with Crippen LogP contribution in [0.2, 0.25) is 0 Å². The summed E-state index contributed by atoms with van der Waals surface area (Å²) in [4.78, 5) is 16.1. The maximum absolute atomic E-state index is 12.0. The zero-order valence-corrected chi connectivity index (χ0v) is 16.3. The van der Waals surface area contributed by atoms with Crippen LogP contribution in [-0.4, -0.2) is 36.3 Å². The van der Waals surface area contributed by atoms with Crippen LogP contribution in [-0.2, 0) is 16.1 Å². The molecule has 1 aromatic heterocycles. The van der Waals surface area contributed by atoms with Crippen LogP contribution in [0.4, 0.5) is 13.2 Å². The summed E-state index contributed by atoms with van der Waals surface area (Å²) in [5.74, 6) is 0.269. The predicted octanol–water partition coefficient (Wildman–Crippen LogP) is 4.13. The number of amides is 1. The molecule has 0 radical (unpaired) electrons. The maximum atomic E-state index is 12.0. The van der Waals surface area contributed by atoms with Gasteiger partial charge in [0, 0.05) is 17.5 Å². The number of benzene rings is 1. The van der Waals surface area contributed by atoms with Crippen molar-refractivity contribution in [1.82, 2.24) is 10.3 Å². The second-order valence-corrected chi connectivity index (χ2v) is 7.15. The number of alkyl halides is 3. The number of carbonyl (C=O) groups excluding carboxylic acids is 1. The van der Waals surface area contributed by atoms with E-state index in [-0.39, 0.29) is 6.61 Å². The third kappa shape index (κ3) is 8.53. The minimum Gasteiger partial charge on any atom is -0.487 e. The highest BCUT2D eigenvalue weighted by atomic mass is 32.1. The van der Waals surface area contributed by atoms with Crippen LogP contribution in [0.25, 0.3) is 6.08 Å². The van der Waals surface area contributed by atoms with Crippen LogP contribution < -0.4 is 10.1 Å². The van der Waals surface area contributed by atoms with E-state index in [0.29, 0.717) is 12.4 Å². The number of aromatic nitrogens is 1. The first-order valence-corrected chi connectivity index (χ1v) is 9.36. The number of rotatable bonds is 9. The van der Waals surface area contributed by atoms with Crippen molar-refractivity contribution < 1.29 is 27.4 Å². The largest absolute Gasteiger partial charge is 0.487 e. The Morgan fingerprint density at radius 1 is 1.32 bits per heavy atom. The standard InChI is InChI=1S/C19H21F3N2O3S/c1-13(9-26-12-19(20,21)22)23-18(25)8-5-15-3-6-17(7-4-15)27-10-16-11-28-14(2)24-16/h3-8,11,13H,9-10,12H2,1-2H3,(H,23,25)/b8-5+. The summed E-state index contributed by atoms with van der Waals surface area (Å²) in [6.07, 6.45) is -1.46. The first kappa shape index (κ1) is 21.9. The topological polar surface area (TPSA) is 60.5 Å². The molecule has 5 nitrogen and oxygen atoms in total. The minimum absolute atomic E-state index is 0.219. The van der Waals surface area contributed by atoms with Gasteiger partial charge in [0.1, 0.15) is 19.0 Å². The Balaban J connectivity index is 1.74. The molecule has 9 heteroatoms. The second-order valence-electron chi connectivity index (χ2n) is 6.09. The monoisotopic (exact) mass is 414 g/mol.